The highest BCUT2D eigenvalue weighted by Crippen LogP contribution is 2.35. The number of aryl methyl sites for hydroxylation is 1. The topological polar surface area (TPSA) is 94.1 Å². The summed E-state index contributed by atoms with van der Waals surface area (Å²) in [5, 5.41) is 7.49. The molecule has 9 heteroatoms. The first-order valence-electron chi connectivity index (χ1n) is 5.87. The number of nitrogens with zero attached hydrogens (tertiary/aromatic N) is 4. The number of hydrogen-bond donors (Lipinski definition) is 1. The van der Waals surface area contributed by atoms with Crippen molar-refractivity contribution >= 4 is 37.3 Å². The van der Waals surface area contributed by atoms with Crippen LogP contribution < -0.4 is 10.0 Å². The van der Waals surface area contributed by atoms with Crippen molar-refractivity contribution in [1.29, 1.82) is 0 Å². The van der Waals surface area contributed by atoms with Crippen LogP contribution >= 0.6 is 15.9 Å². The molecule has 0 saturated heterocycles. The smallest absolute Gasteiger partial charge is 0.284 e. The molecule has 0 aliphatic carbocycles. The Morgan fingerprint density at radius 2 is 2.15 bits per heavy atom. The van der Waals surface area contributed by atoms with Crippen LogP contribution in [0.5, 0.6) is 0 Å². The van der Waals surface area contributed by atoms with Crippen LogP contribution in [0.2, 0.25) is 0 Å². The molecule has 0 saturated carbocycles. The van der Waals surface area contributed by atoms with E-state index in [1.807, 2.05) is 0 Å². The van der Waals surface area contributed by atoms with Gasteiger partial charge in [-0.1, -0.05) is 5.21 Å². The molecule has 2 aromatic rings. The zero-order valence-corrected chi connectivity index (χ0v) is 13.0. The first-order valence-corrected chi connectivity index (χ1v) is 8.11. The first kappa shape index (κ1) is 13.4. The lowest BCUT2D eigenvalue weighted by Crippen LogP contribution is -2.30. The van der Waals surface area contributed by atoms with Gasteiger partial charge in [0.1, 0.15) is 0 Å². The van der Waals surface area contributed by atoms with E-state index in [1.54, 1.807) is 25.2 Å². The van der Waals surface area contributed by atoms with Crippen molar-refractivity contribution in [2.24, 2.45) is 7.05 Å². The van der Waals surface area contributed by atoms with Crippen molar-refractivity contribution in [3.8, 4) is 0 Å². The van der Waals surface area contributed by atoms with Crippen LogP contribution in [0.1, 0.15) is 5.56 Å². The number of hydrogen-bond acceptors (Lipinski definition) is 5. The number of benzene rings is 1. The molecule has 0 amide bonds. The minimum absolute atomic E-state index is 0.0437. The van der Waals surface area contributed by atoms with E-state index in [0.717, 1.165) is 5.56 Å². The monoisotopic (exact) mass is 357 g/mol. The highest BCUT2D eigenvalue weighted by atomic mass is 79.9. The summed E-state index contributed by atoms with van der Waals surface area (Å²) in [5.41, 5.74) is 7.95. The third-order valence-corrected chi connectivity index (χ3v) is 5.93. The predicted molar refractivity (Wildman–Crippen MR) is 77.8 cm³/mol. The third-order valence-electron chi connectivity index (χ3n) is 3.23. The summed E-state index contributed by atoms with van der Waals surface area (Å²) in [7, 11) is -2.15. The summed E-state index contributed by atoms with van der Waals surface area (Å²) in [6, 6.07) is 5.23. The molecule has 0 radical (unpaired) electrons. The Morgan fingerprint density at radius 3 is 2.80 bits per heavy atom. The molecule has 1 aliphatic rings. The molecular weight excluding hydrogens is 346 g/mol. The SMILES string of the molecule is Cn1nnc(Br)c1S(=O)(=O)N1CCc2cc(N)ccc21. The van der Waals surface area contributed by atoms with Crippen LogP contribution in [-0.4, -0.2) is 30.0 Å². The molecule has 106 valence electrons. The van der Waals surface area contributed by atoms with E-state index in [4.69, 9.17) is 5.73 Å². The van der Waals surface area contributed by atoms with Gasteiger partial charge in [0.05, 0.1) is 5.69 Å². The fourth-order valence-corrected chi connectivity index (χ4v) is 4.88. The van der Waals surface area contributed by atoms with Crippen molar-refractivity contribution in [3.63, 3.8) is 0 Å². The van der Waals surface area contributed by atoms with Gasteiger partial charge in [-0.25, -0.2) is 4.68 Å². The van der Waals surface area contributed by atoms with Gasteiger partial charge in [-0.05, 0) is 46.1 Å². The van der Waals surface area contributed by atoms with Crippen LogP contribution in [0, 0.1) is 0 Å². The van der Waals surface area contributed by atoms with E-state index < -0.39 is 10.0 Å². The van der Waals surface area contributed by atoms with E-state index in [0.29, 0.717) is 24.3 Å². The van der Waals surface area contributed by atoms with Crippen molar-refractivity contribution in [2.45, 2.75) is 11.4 Å². The van der Waals surface area contributed by atoms with Gasteiger partial charge in [-0.15, -0.1) is 5.10 Å². The maximum Gasteiger partial charge on any atom is 0.284 e. The zero-order valence-electron chi connectivity index (χ0n) is 10.6. The Hall–Kier alpha value is -1.61. The third kappa shape index (κ3) is 1.88. The summed E-state index contributed by atoms with van der Waals surface area (Å²) >= 11 is 3.13. The summed E-state index contributed by atoms with van der Waals surface area (Å²) in [4.78, 5) is 0. The molecule has 0 unspecified atom stereocenters. The van der Waals surface area contributed by atoms with Gasteiger partial charge in [0.25, 0.3) is 10.0 Å². The summed E-state index contributed by atoms with van der Waals surface area (Å²) in [6.45, 7) is 0.388. The van der Waals surface area contributed by atoms with Crippen LogP contribution in [0.4, 0.5) is 11.4 Å². The Bertz CT molecular complexity index is 767. The summed E-state index contributed by atoms with van der Waals surface area (Å²) < 4.78 is 28.3. The average molecular weight is 358 g/mol. The second-order valence-corrected chi connectivity index (χ2v) is 7.05. The maximum atomic E-state index is 12.7. The zero-order chi connectivity index (χ0) is 14.5. The Balaban J connectivity index is 2.12. The molecule has 1 aromatic carbocycles. The van der Waals surface area contributed by atoms with Crippen LogP contribution in [0.25, 0.3) is 0 Å². The van der Waals surface area contributed by atoms with Crippen molar-refractivity contribution in [1.82, 2.24) is 15.0 Å². The fraction of sp³-hybridized carbons (Fsp3) is 0.273. The molecule has 2 N–H and O–H groups in total. The molecule has 0 spiro atoms. The molecule has 1 aliphatic heterocycles. The Kier molecular flexibility index (Phi) is 2.98. The predicted octanol–water partition coefficient (Wildman–Crippen LogP) is 0.911. The fourth-order valence-electron chi connectivity index (χ4n) is 2.34. The molecular formula is C11H12BrN5O2S. The lowest BCUT2D eigenvalue weighted by molar-refractivity contribution is 0.570. The molecule has 1 aromatic heterocycles. The van der Waals surface area contributed by atoms with E-state index >= 15 is 0 Å². The van der Waals surface area contributed by atoms with Gasteiger partial charge < -0.3 is 5.73 Å². The standard InChI is InChI=1S/C11H12BrN5O2S/c1-16-11(10(12)14-15-16)20(18,19)17-5-4-7-6-8(13)2-3-9(7)17/h2-3,6H,4-5,13H2,1H3. The number of aromatic nitrogens is 3. The van der Waals surface area contributed by atoms with Gasteiger partial charge in [-0.3, -0.25) is 4.31 Å². The van der Waals surface area contributed by atoms with Gasteiger partial charge >= 0.3 is 0 Å². The molecule has 0 fully saturated rings. The maximum absolute atomic E-state index is 12.7. The number of nitrogen functional groups attached to an aromatic ring is 1. The summed E-state index contributed by atoms with van der Waals surface area (Å²) in [6.07, 6.45) is 0.641. The van der Waals surface area contributed by atoms with Crippen molar-refractivity contribution < 1.29 is 8.42 Å². The Labute approximate surface area is 124 Å². The van der Waals surface area contributed by atoms with Crippen LogP contribution in [-0.2, 0) is 23.5 Å². The number of halogens is 1. The van der Waals surface area contributed by atoms with E-state index in [-0.39, 0.29) is 9.63 Å². The number of fused-ring (bicyclic) bond motifs is 1. The second kappa shape index (κ2) is 4.45. The van der Waals surface area contributed by atoms with Crippen molar-refractivity contribution in [3.05, 3.63) is 28.4 Å². The molecule has 0 bridgehead atoms. The first-order chi connectivity index (χ1) is 9.41. The molecule has 7 nitrogen and oxygen atoms in total. The number of nitrogens with two attached hydrogens (primary N) is 1. The second-order valence-electron chi connectivity index (χ2n) is 4.52. The minimum atomic E-state index is -3.70. The minimum Gasteiger partial charge on any atom is -0.399 e. The lowest BCUT2D eigenvalue weighted by Gasteiger charge is -2.19. The highest BCUT2D eigenvalue weighted by molar-refractivity contribution is 9.10. The quantitative estimate of drug-likeness (QED) is 0.806. The van der Waals surface area contributed by atoms with Crippen LogP contribution in [0.3, 0.4) is 0 Å². The van der Waals surface area contributed by atoms with Gasteiger partial charge in [0, 0.05) is 19.3 Å². The molecule has 3 rings (SSSR count). The van der Waals surface area contributed by atoms with Crippen LogP contribution in [0.15, 0.2) is 27.8 Å². The van der Waals surface area contributed by atoms with Gasteiger partial charge in [-0.2, -0.15) is 8.42 Å². The normalized spacial score (nSPS) is 14.6. The van der Waals surface area contributed by atoms with Gasteiger partial charge in [0.15, 0.2) is 4.60 Å². The van der Waals surface area contributed by atoms with Gasteiger partial charge in [0.2, 0.25) is 5.03 Å². The lowest BCUT2D eigenvalue weighted by atomic mass is 10.1. The molecule has 2 heterocycles. The van der Waals surface area contributed by atoms with Crippen molar-refractivity contribution in [2.75, 3.05) is 16.6 Å². The average Bonchev–Trinajstić information content (AvgIpc) is 2.93. The number of anilines is 2. The summed E-state index contributed by atoms with van der Waals surface area (Å²) in [5.74, 6) is 0. The number of sulfonamides is 1. The Morgan fingerprint density at radius 1 is 1.40 bits per heavy atom. The van der Waals surface area contributed by atoms with E-state index in [1.165, 1.54) is 8.99 Å². The number of rotatable bonds is 2. The van der Waals surface area contributed by atoms with E-state index in [9.17, 15) is 8.42 Å². The highest BCUT2D eigenvalue weighted by Gasteiger charge is 2.35. The largest absolute Gasteiger partial charge is 0.399 e. The molecule has 0 atom stereocenters. The molecule has 20 heavy (non-hydrogen) atoms. The van der Waals surface area contributed by atoms with E-state index in [2.05, 4.69) is 26.2 Å².